The van der Waals surface area contributed by atoms with Gasteiger partial charge in [-0.05, 0) is 35.2 Å². The van der Waals surface area contributed by atoms with E-state index in [1.54, 1.807) is 0 Å². The predicted molar refractivity (Wildman–Crippen MR) is 93.7 cm³/mol. The Balaban J connectivity index is 1.94. The molecule has 2 aromatic carbocycles. The third-order valence-electron chi connectivity index (χ3n) is 4.56. The largest absolute Gasteiger partial charge is 0.352 e. The van der Waals surface area contributed by atoms with E-state index in [0.29, 0.717) is 24.6 Å². The van der Waals surface area contributed by atoms with E-state index in [4.69, 9.17) is 0 Å². The predicted octanol–water partition coefficient (Wildman–Crippen LogP) is 3.40. The first-order valence-electron chi connectivity index (χ1n) is 8.52. The molecule has 3 rings (SSSR count). The summed E-state index contributed by atoms with van der Waals surface area (Å²) in [4.78, 5) is 26.7. The van der Waals surface area contributed by atoms with Crippen molar-refractivity contribution in [3.8, 4) is 0 Å². The smallest absolute Gasteiger partial charge is 0.254 e. The molecule has 0 aromatic heterocycles. The number of hydrogen-bond acceptors (Lipinski definition) is 2. The molecule has 1 aliphatic rings. The highest BCUT2D eigenvalue weighted by molar-refractivity contribution is 5.98. The topological polar surface area (TPSA) is 49.4 Å². The lowest BCUT2D eigenvalue weighted by atomic mass is 9.96. The van der Waals surface area contributed by atoms with Crippen LogP contribution in [-0.4, -0.2) is 29.8 Å². The van der Waals surface area contributed by atoms with E-state index in [1.807, 2.05) is 24.3 Å². The Bertz CT molecular complexity index is 834. The zero-order valence-corrected chi connectivity index (χ0v) is 14.6. The molecule has 0 aliphatic carbocycles. The van der Waals surface area contributed by atoms with Crippen molar-refractivity contribution in [3.05, 3.63) is 70.8 Å². The minimum Gasteiger partial charge on any atom is -0.352 e. The number of rotatable bonds is 3. The number of hydrogen-bond donors (Lipinski definition) is 1. The van der Waals surface area contributed by atoms with Gasteiger partial charge in [-0.15, -0.1) is 0 Å². The molecule has 26 heavy (non-hydrogen) atoms. The van der Waals surface area contributed by atoms with Crippen molar-refractivity contribution in [1.82, 2.24) is 10.2 Å². The minimum atomic E-state index is -1.09. The summed E-state index contributed by atoms with van der Waals surface area (Å²) >= 11 is 0. The second kappa shape index (κ2) is 7.23. The van der Waals surface area contributed by atoms with Crippen molar-refractivity contribution in [1.29, 1.82) is 0 Å². The normalized spacial score (nSPS) is 17.3. The molecule has 136 valence electrons. The SMILES string of the molecule is CC(C)c1ccc(C2C(=O)NCCN2C(=O)c2ccc(F)c(F)c2)cc1. The van der Waals surface area contributed by atoms with Gasteiger partial charge in [-0.25, -0.2) is 8.78 Å². The van der Waals surface area contributed by atoms with Gasteiger partial charge in [-0.3, -0.25) is 9.59 Å². The second-order valence-corrected chi connectivity index (χ2v) is 6.64. The first kappa shape index (κ1) is 18.0. The van der Waals surface area contributed by atoms with Gasteiger partial charge >= 0.3 is 0 Å². The van der Waals surface area contributed by atoms with Gasteiger partial charge in [0.2, 0.25) is 5.91 Å². The lowest BCUT2D eigenvalue weighted by Crippen LogP contribution is -2.52. The summed E-state index contributed by atoms with van der Waals surface area (Å²) in [5, 5.41) is 2.76. The maximum absolute atomic E-state index is 13.5. The maximum Gasteiger partial charge on any atom is 0.254 e. The molecular weight excluding hydrogens is 338 g/mol. The molecule has 1 atom stereocenters. The molecular formula is C20H20F2N2O2. The molecule has 1 unspecified atom stereocenters. The third-order valence-corrected chi connectivity index (χ3v) is 4.56. The second-order valence-electron chi connectivity index (χ2n) is 6.64. The maximum atomic E-state index is 13.5. The molecule has 1 heterocycles. The summed E-state index contributed by atoms with van der Waals surface area (Å²) in [5.41, 5.74) is 1.83. The Kier molecular flexibility index (Phi) is 5.02. The van der Waals surface area contributed by atoms with Crippen LogP contribution in [0.4, 0.5) is 8.78 Å². The van der Waals surface area contributed by atoms with Crippen LogP contribution in [0.25, 0.3) is 0 Å². The van der Waals surface area contributed by atoms with E-state index in [1.165, 1.54) is 11.0 Å². The molecule has 0 radical (unpaired) electrons. The number of halogens is 2. The molecule has 4 nitrogen and oxygen atoms in total. The van der Waals surface area contributed by atoms with Gasteiger partial charge in [0, 0.05) is 18.7 Å². The Morgan fingerprint density at radius 1 is 1.12 bits per heavy atom. The summed E-state index contributed by atoms with van der Waals surface area (Å²) in [7, 11) is 0. The van der Waals surface area contributed by atoms with Crippen LogP contribution >= 0.6 is 0 Å². The average molecular weight is 358 g/mol. The Morgan fingerprint density at radius 3 is 2.42 bits per heavy atom. The van der Waals surface area contributed by atoms with Gasteiger partial charge in [0.25, 0.3) is 5.91 Å². The molecule has 0 bridgehead atoms. The van der Waals surface area contributed by atoms with Crippen LogP contribution < -0.4 is 5.32 Å². The van der Waals surface area contributed by atoms with Crippen LogP contribution in [0.3, 0.4) is 0 Å². The molecule has 2 amide bonds. The molecule has 2 aromatic rings. The quantitative estimate of drug-likeness (QED) is 0.914. The van der Waals surface area contributed by atoms with E-state index < -0.39 is 23.6 Å². The van der Waals surface area contributed by atoms with E-state index in [2.05, 4.69) is 19.2 Å². The summed E-state index contributed by atoms with van der Waals surface area (Å²) in [6.07, 6.45) is 0. The molecule has 1 aliphatic heterocycles. The van der Waals surface area contributed by atoms with Gasteiger partial charge < -0.3 is 10.2 Å². The number of carbonyl (C=O) groups excluding carboxylic acids is 2. The zero-order valence-electron chi connectivity index (χ0n) is 14.6. The summed E-state index contributed by atoms with van der Waals surface area (Å²) in [5.74, 6) is -2.54. The van der Waals surface area contributed by atoms with Crippen molar-refractivity contribution in [2.24, 2.45) is 0 Å². The van der Waals surface area contributed by atoms with Crippen molar-refractivity contribution >= 4 is 11.8 Å². The summed E-state index contributed by atoms with van der Waals surface area (Å²) < 4.78 is 26.6. The van der Waals surface area contributed by atoms with Crippen molar-refractivity contribution < 1.29 is 18.4 Å². The molecule has 0 spiro atoms. The van der Waals surface area contributed by atoms with Crippen LogP contribution in [0.15, 0.2) is 42.5 Å². The van der Waals surface area contributed by atoms with Crippen molar-refractivity contribution in [2.45, 2.75) is 25.8 Å². The van der Waals surface area contributed by atoms with Gasteiger partial charge in [-0.2, -0.15) is 0 Å². The monoisotopic (exact) mass is 358 g/mol. The third kappa shape index (κ3) is 3.45. The Labute approximate surface area is 150 Å². The highest BCUT2D eigenvalue weighted by Gasteiger charge is 2.35. The van der Waals surface area contributed by atoms with Crippen molar-refractivity contribution in [2.75, 3.05) is 13.1 Å². The number of nitrogens with zero attached hydrogens (tertiary/aromatic N) is 1. The molecule has 0 saturated carbocycles. The first-order chi connectivity index (χ1) is 12.4. The highest BCUT2D eigenvalue weighted by atomic mass is 19.2. The lowest BCUT2D eigenvalue weighted by molar-refractivity contribution is -0.128. The minimum absolute atomic E-state index is 0.0161. The Morgan fingerprint density at radius 2 is 1.81 bits per heavy atom. The van der Waals surface area contributed by atoms with Gasteiger partial charge in [0.15, 0.2) is 11.6 Å². The Hall–Kier alpha value is -2.76. The number of carbonyl (C=O) groups is 2. The van der Waals surface area contributed by atoms with E-state index >= 15 is 0 Å². The van der Waals surface area contributed by atoms with Crippen LogP contribution in [0.2, 0.25) is 0 Å². The number of nitrogens with one attached hydrogen (secondary N) is 1. The molecule has 6 heteroatoms. The number of benzene rings is 2. The fourth-order valence-corrected chi connectivity index (χ4v) is 3.08. The van der Waals surface area contributed by atoms with Gasteiger partial charge in [-0.1, -0.05) is 38.1 Å². The van der Waals surface area contributed by atoms with Crippen LogP contribution in [0.1, 0.15) is 47.3 Å². The van der Waals surface area contributed by atoms with E-state index in [-0.39, 0.29) is 11.5 Å². The van der Waals surface area contributed by atoms with E-state index in [0.717, 1.165) is 17.7 Å². The van der Waals surface area contributed by atoms with Crippen molar-refractivity contribution in [3.63, 3.8) is 0 Å². The molecule has 1 saturated heterocycles. The average Bonchev–Trinajstić information content (AvgIpc) is 2.63. The van der Waals surface area contributed by atoms with Gasteiger partial charge in [0.1, 0.15) is 6.04 Å². The van der Waals surface area contributed by atoms with Gasteiger partial charge in [0.05, 0.1) is 0 Å². The highest BCUT2D eigenvalue weighted by Crippen LogP contribution is 2.27. The lowest BCUT2D eigenvalue weighted by Gasteiger charge is -2.35. The summed E-state index contributed by atoms with van der Waals surface area (Å²) in [6.45, 7) is 4.75. The van der Waals surface area contributed by atoms with E-state index in [9.17, 15) is 18.4 Å². The molecule has 1 fully saturated rings. The standard InChI is InChI=1S/C20H20F2N2O2/c1-12(2)13-3-5-14(6-4-13)18-19(25)23-9-10-24(18)20(26)15-7-8-16(21)17(22)11-15/h3-8,11-12,18H,9-10H2,1-2H3,(H,23,25). The first-order valence-corrected chi connectivity index (χ1v) is 8.52. The fourth-order valence-electron chi connectivity index (χ4n) is 3.08. The fraction of sp³-hybridized carbons (Fsp3) is 0.300. The van der Waals surface area contributed by atoms with Crippen LogP contribution in [-0.2, 0) is 4.79 Å². The van der Waals surface area contributed by atoms with Crippen LogP contribution in [0, 0.1) is 11.6 Å². The zero-order chi connectivity index (χ0) is 18.8. The van der Waals surface area contributed by atoms with Crippen LogP contribution in [0.5, 0.6) is 0 Å². The summed E-state index contributed by atoms with van der Waals surface area (Å²) in [6, 6.07) is 9.73. The molecule has 1 N–H and O–H groups in total. The number of amides is 2. The number of piperazine rings is 1.